The number of rotatable bonds is 1. The van der Waals surface area contributed by atoms with Crippen molar-refractivity contribution in [2.75, 3.05) is 78.7 Å². The molecule has 77 heavy (non-hydrogen) atoms. The summed E-state index contributed by atoms with van der Waals surface area (Å²) in [5.41, 5.74) is 0.551. The molecule has 0 radical (unpaired) electrons. The molecule has 0 aromatic rings. The van der Waals surface area contributed by atoms with Gasteiger partial charge < -0.3 is 15.0 Å². The number of hydrogen-bond acceptors (Lipinski definition) is 9. The molecular weight excluding hydrogens is 974 g/mol. The van der Waals surface area contributed by atoms with E-state index in [1.54, 1.807) is 13.8 Å². The zero-order valence-corrected chi connectivity index (χ0v) is 54.8. The first-order chi connectivity index (χ1) is 35.0. The molecule has 9 fully saturated rings. The van der Waals surface area contributed by atoms with Gasteiger partial charge in [-0.3, -0.25) is 34.2 Å². The van der Waals surface area contributed by atoms with Crippen molar-refractivity contribution in [2.24, 2.45) is 5.41 Å². The molecule has 0 saturated carbocycles. The van der Waals surface area contributed by atoms with Crippen LogP contribution >= 0.6 is 0 Å². The van der Waals surface area contributed by atoms with Gasteiger partial charge in [-0.25, -0.2) is 18.0 Å². The summed E-state index contributed by atoms with van der Waals surface area (Å²) < 4.78 is 43.3. The zero-order valence-electron chi connectivity index (χ0n) is 54.8. The molecule has 9 aliphatic heterocycles. The van der Waals surface area contributed by atoms with Crippen molar-refractivity contribution in [3.63, 3.8) is 0 Å². The molecule has 9 aliphatic rings. The number of halogens is 3. The predicted octanol–water partition coefficient (Wildman–Crippen LogP) is 13.8. The van der Waals surface area contributed by atoms with E-state index in [1.807, 2.05) is 60.3 Å². The number of ether oxygens (including phenoxy) is 1. The highest BCUT2D eigenvalue weighted by molar-refractivity contribution is 6.07. The molecule has 11 nitrogen and oxygen atoms in total. The standard InChI is InChI=1S/C11H21N.C10H19NO.C9H16N2O2.C8H15F2N.C8H16FN.C8H17N.C7H15N.C2H6/c1-11(2,3)12-9-5-4-6-10(12)8-7-9;1-9(2,3)11-5-4-10(6-11)7-12-8-10;1-8(2,3)11-6(12)9(4,5)10-7(11)13;1-7(2,3)11-5-4-8(9,10)6-11;1-8(2,3)10-5-4-7(9)6-10;1-8(2,3)9-6-4-5-7-9;1-7(2)8-5-3-4-6-8;1-2/h9-10H,4-8H2,1-3H3;4-8H2,1-3H3;1-5H3,(H,10,13);4-6H2,1-3H3;7H,4-6H2,1-3H3;4-7H2,1-3H3;7H,3-6H2,1-2H3;1-2H3/t9-,10?;;;;;;;/m1......./s1. The Morgan fingerprint density at radius 3 is 1.19 bits per heavy atom. The number of hydrogen-bond donors (Lipinski definition) is 1. The van der Waals surface area contributed by atoms with Crippen LogP contribution < -0.4 is 5.32 Å². The van der Waals surface area contributed by atoms with Crippen LogP contribution in [-0.2, 0) is 9.53 Å². The van der Waals surface area contributed by atoms with Crippen molar-refractivity contribution >= 4 is 11.9 Å². The van der Waals surface area contributed by atoms with Crippen LogP contribution in [-0.4, -0.2) is 194 Å². The Kier molecular flexibility index (Phi) is 27.1. The molecule has 1 N–H and O–H groups in total. The highest BCUT2D eigenvalue weighted by atomic mass is 19.3. The second kappa shape index (κ2) is 29.1. The summed E-state index contributed by atoms with van der Waals surface area (Å²) in [5, 5.41) is 2.64. The lowest BCUT2D eigenvalue weighted by molar-refractivity contribution is -0.133. The first-order valence-electron chi connectivity index (χ1n) is 30.8. The molecular formula is C63H125F3N8O3. The molecule has 0 aromatic heterocycles. The quantitative estimate of drug-likeness (QED) is 0.258. The highest BCUT2D eigenvalue weighted by Gasteiger charge is 2.49. The van der Waals surface area contributed by atoms with Crippen LogP contribution in [0.25, 0.3) is 0 Å². The lowest BCUT2D eigenvalue weighted by Gasteiger charge is -2.44. The fourth-order valence-corrected chi connectivity index (χ4v) is 12.0. The average molecular weight is 1100 g/mol. The number of alkyl halides is 3. The first-order valence-corrected chi connectivity index (χ1v) is 30.8. The number of nitrogens with zero attached hydrogens (tertiary/aromatic N) is 7. The first kappa shape index (κ1) is 71.6. The Labute approximate surface area is 473 Å². The summed E-state index contributed by atoms with van der Waals surface area (Å²) in [6.45, 7) is 62.4. The molecule has 9 saturated heterocycles. The largest absolute Gasteiger partial charge is 0.380 e. The van der Waals surface area contributed by atoms with Crippen LogP contribution in [0.5, 0.6) is 0 Å². The number of amides is 3. The van der Waals surface area contributed by atoms with E-state index in [-0.39, 0.29) is 36.0 Å². The number of nitrogens with one attached hydrogen (secondary N) is 1. The van der Waals surface area contributed by atoms with Crippen molar-refractivity contribution < 1.29 is 27.5 Å². The van der Waals surface area contributed by atoms with Gasteiger partial charge >= 0.3 is 6.03 Å². The van der Waals surface area contributed by atoms with Gasteiger partial charge in [0, 0.05) is 89.4 Å². The summed E-state index contributed by atoms with van der Waals surface area (Å²) in [6.07, 6.45) is 14.4. The molecule has 456 valence electrons. The molecule has 9 heterocycles. The van der Waals surface area contributed by atoms with Gasteiger partial charge in [-0.05, 0) is 249 Å². The third-order valence-corrected chi connectivity index (χ3v) is 16.8. The fraction of sp³-hybridized carbons (Fsp3) is 0.968. The van der Waals surface area contributed by atoms with E-state index in [4.69, 9.17) is 4.74 Å². The van der Waals surface area contributed by atoms with E-state index in [1.165, 1.54) is 108 Å². The third kappa shape index (κ3) is 23.3. The van der Waals surface area contributed by atoms with Crippen molar-refractivity contribution in [3.05, 3.63) is 0 Å². The van der Waals surface area contributed by atoms with Crippen molar-refractivity contribution in [1.82, 2.24) is 39.6 Å². The normalized spacial score (nSPS) is 26.8. The number of urea groups is 1. The number of imide groups is 1. The molecule has 2 unspecified atom stereocenters. The second-order valence-electron chi connectivity index (χ2n) is 30.5. The number of likely N-dealkylation sites (tertiary alicyclic amines) is 5. The SMILES string of the molecule is CC.CC(C)(C)N1C2CCC[C@@H]1CC2.CC(C)(C)N1CCC(F)(F)C1.CC(C)(C)N1CCC(F)C1.CC(C)(C)N1CCC2(COC2)C1.CC(C)(C)N1CCCC1.CC(C)N1CCCC1.CC1(C)NC(=O)N(C(C)(C)C)C1=O. The Balaban J connectivity index is 0.000000307. The van der Waals surface area contributed by atoms with Crippen molar-refractivity contribution in [3.8, 4) is 0 Å². The molecule has 0 aliphatic carbocycles. The Morgan fingerprint density at radius 1 is 0.532 bits per heavy atom. The van der Waals surface area contributed by atoms with Crippen LogP contribution in [0, 0.1) is 5.41 Å². The minimum Gasteiger partial charge on any atom is -0.380 e. The van der Waals surface area contributed by atoms with Gasteiger partial charge in [-0.1, -0.05) is 20.3 Å². The Bertz CT molecular complexity index is 1700. The minimum absolute atomic E-state index is 0.0181. The average Bonchev–Trinajstić information content (AvgIpc) is 4.13. The molecule has 0 aromatic carbocycles. The van der Waals surface area contributed by atoms with Crippen LogP contribution in [0.2, 0.25) is 0 Å². The van der Waals surface area contributed by atoms with Gasteiger partial charge in [-0.2, -0.15) is 0 Å². The molecule has 3 amide bonds. The number of carbonyl (C=O) groups excluding carboxylic acids is 2. The number of piperidine rings is 1. The molecule has 1 spiro atoms. The van der Waals surface area contributed by atoms with E-state index in [0.717, 1.165) is 44.3 Å². The van der Waals surface area contributed by atoms with E-state index in [2.05, 4.69) is 127 Å². The van der Waals surface area contributed by atoms with E-state index >= 15 is 0 Å². The van der Waals surface area contributed by atoms with Crippen molar-refractivity contribution in [2.45, 2.75) is 312 Å². The lowest BCUT2D eigenvalue weighted by atomic mass is 9.85. The summed E-state index contributed by atoms with van der Waals surface area (Å²) >= 11 is 0. The summed E-state index contributed by atoms with van der Waals surface area (Å²) in [7, 11) is 0. The summed E-state index contributed by atoms with van der Waals surface area (Å²) in [6, 6.07) is 2.31. The van der Waals surface area contributed by atoms with Crippen LogP contribution in [0.4, 0.5) is 18.0 Å². The lowest BCUT2D eigenvalue weighted by Crippen LogP contribution is -2.51. The zero-order chi connectivity index (χ0) is 59.4. The van der Waals surface area contributed by atoms with Gasteiger partial charge in [0.15, 0.2) is 0 Å². The topological polar surface area (TPSA) is 78.1 Å². The van der Waals surface area contributed by atoms with Gasteiger partial charge in [0.25, 0.3) is 11.8 Å². The smallest absolute Gasteiger partial charge is 0.325 e. The van der Waals surface area contributed by atoms with Gasteiger partial charge in [0.2, 0.25) is 0 Å². The molecule has 14 heteroatoms. The monoisotopic (exact) mass is 1100 g/mol. The van der Waals surface area contributed by atoms with Gasteiger partial charge in [-0.15, -0.1) is 0 Å². The number of fused-ring (bicyclic) bond motifs is 2. The van der Waals surface area contributed by atoms with E-state index < -0.39 is 23.2 Å². The maximum atomic E-state index is 12.7. The number of carbonyl (C=O) groups is 2. The summed E-state index contributed by atoms with van der Waals surface area (Å²) in [4.78, 5) is 38.9. The fourth-order valence-electron chi connectivity index (χ4n) is 12.0. The predicted molar refractivity (Wildman–Crippen MR) is 320 cm³/mol. The van der Waals surface area contributed by atoms with Gasteiger partial charge in [0.05, 0.1) is 19.8 Å². The van der Waals surface area contributed by atoms with Crippen LogP contribution in [0.1, 0.15) is 243 Å². The van der Waals surface area contributed by atoms with E-state index in [0.29, 0.717) is 35.1 Å². The Morgan fingerprint density at radius 2 is 0.974 bits per heavy atom. The maximum absolute atomic E-state index is 12.7. The second-order valence-corrected chi connectivity index (χ2v) is 30.5. The van der Waals surface area contributed by atoms with Crippen LogP contribution in [0.15, 0.2) is 0 Å². The highest BCUT2D eigenvalue weighted by Crippen LogP contribution is 2.41. The summed E-state index contributed by atoms with van der Waals surface area (Å²) in [5.74, 6) is -2.61. The van der Waals surface area contributed by atoms with Gasteiger partial charge in [0.1, 0.15) is 11.7 Å². The Hall–Kier alpha value is -1.55. The molecule has 9 rings (SSSR count). The molecule has 2 bridgehead atoms. The minimum atomic E-state index is -2.45. The molecule has 3 atom stereocenters. The maximum Gasteiger partial charge on any atom is 0.325 e. The van der Waals surface area contributed by atoms with Crippen LogP contribution in [0.3, 0.4) is 0 Å². The third-order valence-electron chi connectivity index (χ3n) is 16.8. The van der Waals surface area contributed by atoms with E-state index in [9.17, 15) is 22.8 Å². The van der Waals surface area contributed by atoms with Crippen molar-refractivity contribution in [1.29, 1.82) is 0 Å².